The number of hydrogen-bond acceptors (Lipinski definition) is 6. The first kappa shape index (κ1) is 26.2. The van der Waals surface area contributed by atoms with E-state index in [9.17, 15) is 0 Å². The number of benzene rings is 2. The summed E-state index contributed by atoms with van der Waals surface area (Å²) in [6.07, 6.45) is 4.45. The van der Waals surface area contributed by atoms with Gasteiger partial charge in [-0.15, -0.1) is 10.2 Å². The van der Waals surface area contributed by atoms with Gasteiger partial charge in [0.15, 0.2) is 0 Å². The largest absolute Gasteiger partial charge is 0.268 e. The van der Waals surface area contributed by atoms with Gasteiger partial charge in [0, 0.05) is 34.1 Å². The third kappa shape index (κ3) is 7.55. The highest BCUT2D eigenvalue weighted by molar-refractivity contribution is 9.10. The van der Waals surface area contributed by atoms with E-state index in [-0.39, 0.29) is 0 Å². The molecule has 2 atom stereocenters. The molecule has 35 heavy (non-hydrogen) atoms. The number of nitrogens with zero attached hydrogens (tertiary/aromatic N) is 8. The predicted molar refractivity (Wildman–Crippen MR) is 146 cm³/mol. The first-order chi connectivity index (χ1) is 17.0. The standard InChI is InChI=1S/C25H34Br2N8/c1-3-24-13-15-34(30-28-22-9-5-20(26)6-10-22)18-32(24)17-33-19-35(16-14-25(33)4-2)31-29-23-11-7-21(27)8-12-23/h5-12,24-25H,3-4,13-19H2,1-2H3. The fourth-order valence-electron chi connectivity index (χ4n) is 4.62. The number of halogens is 2. The second kappa shape index (κ2) is 12.9. The zero-order chi connectivity index (χ0) is 24.6. The Labute approximate surface area is 225 Å². The van der Waals surface area contributed by atoms with Gasteiger partial charge in [-0.05, 0) is 74.2 Å². The summed E-state index contributed by atoms with van der Waals surface area (Å²) in [6, 6.07) is 17.0. The van der Waals surface area contributed by atoms with Gasteiger partial charge < -0.3 is 0 Å². The highest BCUT2D eigenvalue weighted by Gasteiger charge is 2.31. The molecular weight excluding hydrogens is 572 g/mol. The maximum absolute atomic E-state index is 4.55. The van der Waals surface area contributed by atoms with Crippen molar-refractivity contribution in [2.24, 2.45) is 20.7 Å². The normalized spacial score (nSPS) is 22.5. The van der Waals surface area contributed by atoms with Crippen molar-refractivity contribution in [3.05, 3.63) is 57.5 Å². The topological polar surface area (TPSA) is 62.4 Å². The van der Waals surface area contributed by atoms with E-state index >= 15 is 0 Å². The van der Waals surface area contributed by atoms with E-state index < -0.39 is 0 Å². The zero-order valence-corrected chi connectivity index (χ0v) is 23.6. The van der Waals surface area contributed by atoms with Crippen LogP contribution in [-0.4, -0.2) is 65.0 Å². The van der Waals surface area contributed by atoms with E-state index in [4.69, 9.17) is 0 Å². The smallest absolute Gasteiger partial charge is 0.0909 e. The lowest BCUT2D eigenvalue weighted by molar-refractivity contribution is -0.0546. The second-order valence-electron chi connectivity index (χ2n) is 9.10. The van der Waals surface area contributed by atoms with Crippen molar-refractivity contribution in [1.29, 1.82) is 0 Å². The fraction of sp³-hybridized carbons (Fsp3) is 0.520. The van der Waals surface area contributed by atoms with Crippen LogP contribution < -0.4 is 0 Å². The summed E-state index contributed by atoms with van der Waals surface area (Å²) >= 11 is 6.94. The molecule has 188 valence electrons. The van der Waals surface area contributed by atoms with Gasteiger partial charge in [-0.1, -0.05) is 56.2 Å². The molecule has 0 N–H and O–H groups in total. The molecule has 2 heterocycles. The average Bonchev–Trinajstić information content (AvgIpc) is 2.88. The Morgan fingerprint density at radius 3 is 1.46 bits per heavy atom. The van der Waals surface area contributed by atoms with Crippen LogP contribution in [0.15, 0.2) is 78.2 Å². The van der Waals surface area contributed by atoms with Crippen LogP contribution >= 0.6 is 31.9 Å². The minimum absolute atomic E-state index is 0.548. The van der Waals surface area contributed by atoms with E-state index in [2.05, 4.69) is 86.2 Å². The molecule has 2 aromatic rings. The molecular formula is C25H34Br2N8. The van der Waals surface area contributed by atoms with Crippen molar-refractivity contribution in [3.8, 4) is 0 Å². The van der Waals surface area contributed by atoms with Crippen LogP contribution in [0.2, 0.25) is 0 Å². The van der Waals surface area contributed by atoms with Crippen LogP contribution in [0.4, 0.5) is 11.4 Å². The molecule has 8 nitrogen and oxygen atoms in total. The van der Waals surface area contributed by atoms with Gasteiger partial charge >= 0.3 is 0 Å². The maximum Gasteiger partial charge on any atom is 0.0909 e. The molecule has 10 heteroatoms. The summed E-state index contributed by atoms with van der Waals surface area (Å²) in [5.74, 6) is 0. The Balaban J connectivity index is 1.39. The maximum atomic E-state index is 4.55. The van der Waals surface area contributed by atoms with Crippen LogP contribution in [0.1, 0.15) is 39.5 Å². The van der Waals surface area contributed by atoms with Gasteiger partial charge in [-0.25, -0.2) is 0 Å². The molecule has 0 radical (unpaired) electrons. The zero-order valence-electron chi connectivity index (χ0n) is 20.5. The van der Waals surface area contributed by atoms with Gasteiger partial charge in [0.1, 0.15) is 0 Å². The highest BCUT2D eigenvalue weighted by atomic mass is 79.9. The third-order valence-electron chi connectivity index (χ3n) is 6.70. The van der Waals surface area contributed by atoms with E-state index in [0.29, 0.717) is 12.1 Å². The van der Waals surface area contributed by atoms with Gasteiger partial charge in [-0.2, -0.15) is 0 Å². The quantitative estimate of drug-likeness (QED) is 0.295. The second-order valence-corrected chi connectivity index (χ2v) is 10.9. The highest BCUT2D eigenvalue weighted by Crippen LogP contribution is 2.24. The minimum Gasteiger partial charge on any atom is -0.268 e. The van der Waals surface area contributed by atoms with Gasteiger partial charge in [0.2, 0.25) is 0 Å². The van der Waals surface area contributed by atoms with Crippen LogP contribution in [0.25, 0.3) is 0 Å². The Morgan fingerprint density at radius 2 is 1.09 bits per heavy atom. The van der Waals surface area contributed by atoms with Gasteiger partial charge in [-0.3, -0.25) is 19.8 Å². The van der Waals surface area contributed by atoms with Crippen molar-refractivity contribution in [2.75, 3.05) is 33.1 Å². The molecule has 2 aliphatic heterocycles. The fourth-order valence-corrected chi connectivity index (χ4v) is 5.15. The first-order valence-electron chi connectivity index (χ1n) is 12.4. The molecule has 0 bridgehead atoms. The van der Waals surface area contributed by atoms with Crippen LogP contribution in [0.5, 0.6) is 0 Å². The Morgan fingerprint density at radius 1 is 0.686 bits per heavy atom. The number of rotatable bonds is 8. The molecule has 4 rings (SSSR count). The molecule has 0 saturated carbocycles. The Bertz CT molecular complexity index is 902. The third-order valence-corrected chi connectivity index (χ3v) is 7.75. The lowest BCUT2D eigenvalue weighted by Crippen LogP contribution is -2.57. The molecule has 2 saturated heterocycles. The van der Waals surface area contributed by atoms with Crippen molar-refractivity contribution >= 4 is 43.2 Å². The average molecular weight is 606 g/mol. The molecule has 2 unspecified atom stereocenters. The van der Waals surface area contributed by atoms with Crippen molar-refractivity contribution in [2.45, 2.75) is 51.6 Å². The monoisotopic (exact) mass is 604 g/mol. The van der Waals surface area contributed by atoms with E-state index in [1.165, 1.54) is 0 Å². The summed E-state index contributed by atoms with van der Waals surface area (Å²) in [7, 11) is 0. The minimum atomic E-state index is 0.548. The molecule has 0 aromatic heterocycles. The molecule has 2 aliphatic rings. The van der Waals surface area contributed by atoms with Gasteiger partial charge in [0.05, 0.1) is 31.4 Å². The summed E-state index contributed by atoms with van der Waals surface area (Å²) in [5.41, 5.74) is 1.73. The molecule has 0 aliphatic carbocycles. The van der Waals surface area contributed by atoms with Crippen LogP contribution in [0, 0.1) is 0 Å². The summed E-state index contributed by atoms with van der Waals surface area (Å²) in [6.45, 7) is 8.88. The molecule has 0 spiro atoms. The molecule has 2 fully saturated rings. The van der Waals surface area contributed by atoms with Crippen LogP contribution in [-0.2, 0) is 0 Å². The number of hydrogen-bond donors (Lipinski definition) is 0. The van der Waals surface area contributed by atoms with Crippen LogP contribution in [0.3, 0.4) is 0 Å². The van der Waals surface area contributed by atoms with E-state index in [1.54, 1.807) is 0 Å². The van der Waals surface area contributed by atoms with E-state index in [0.717, 1.165) is 79.1 Å². The summed E-state index contributed by atoms with van der Waals surface area (Å²) in [5, 5.41) is 22.2. The SMILES string of the molecule is CCC1CCN(N=Nc2ccc(Br)cc2)CN1CN1CN(N=Nc2ccc(Br)cc2)CCC1CC. The van der Waals surface area contributed by atoms with Crippen molar-refractivity contribution < 1.29 is 0 Å². The van der Waals surface area contributed by atoms with Gasteiger partial charge in [0.25, 0.3) is 0 Å². The summed E-state index contributed by atoms with van der Waals surface area (Å²) in [4.78, 5) is 5.09. The van der Waals surface area contributed by atoms with E-state index in [1.807, 2.05) is 48.5 Å². The first-order valence-corrected chi connectivity index (χ1v) is 13.9. The Kier molecular flexibility index (Phi) is 9.65. The van der Waals surface area contributed by atoms with Crippen molar-refractivity contribution in [3.63, 3.8) is 0 Å². The Hall–Kier alpha value is -1.88. The lowest BCUT2D eigenvalue weighted by atomic mass is 10.1. The molecule has 0 amide bonds. The molecule has 2 aromatic carbocycles. The summed E-state index contributed by atoms with van der Waals surface area (Å²) < 4.78 is 2.09. The lowest BCUT2D eigenvalue weighted by Gasteiger charge is -2.46. The van der Waals surface area contributed by atoms with Crippen molar-refractivity contribution in [1.82, 2.24) is 19.8 Å². The predicted octanol–water partition coefficient (Wildman–Crippen LogP) is 7.35.